The van der Waals surface area contributed by atoms with E-state index in [1.165, 1.54) is 12.1 Å². The molecule has 3 nitrogen and oxygen atoms in total. The van der Waals surface area contributed by atoms with Gasteiger partial charge in [-0.3, -0.25) is 0 Å². The van der Waals surface area contributed by atoms with Gasteiger partial charge in [-0.1, -0.05) is 12.1 Å². The number of nitrogen functional groups attached to an aromatic ring is 1. The van der Waals surface area contributed by atoms with Gasteiger partial charge in [-0.15, -0.1) is 0 Å². The van der Waals surface area contributed by atoms with E-state index in [1.807, 2.05) is 13.8 Å². The van der Waals surface area contributed by atoms with Gasteiger partial charge in [-0.2, -0.15) is 0 Å². The van der Waals surface area contributed by atoms with E-state index in [2.05, 4.69) is 5.16 Å². The number of hydrogen-bond acceptors (Lipinski definition) is 3. The van der Waals surface area contributed by atoms with Crippen molar-refractivity contribution in [2.45, 2.75) is 20.3 Å². The minimum atomic E-state index is -0.258. The molecule has 0 radical (unpaired) electrons. The van der Waals surface area contributed by atoms with Crippen LogP contribution in [0.1, 0.15) is 18.1 Å². The molecule has 1 aromatic heterocycles. The van der Waals surface area contributed by atoms with Crippen LogP contribution in [-0.2, 0) is 6.42 Å². The van der Waals surface area contributed by atoms with Crippen molar-refractivity contribution in [3.05, 3.63) is 35.1 Å². The lowest BCUT2D eigenvalue weighted by molar-refractivity contribution is 0.434. The highest BCUT2D eigenvalue weighted by Crippen LogP contribution is 2.30. The Hall–Kier alpha value is -1.84. The maximum atomic E-state index is 13.0. The van der Waals surface area contributed by atoms with E-state index in [1.54, 1.807) is 6.07 Å². The van der Waals surface area contributed by atoms with Crippen LogP contribution in [0.25, 0.3) is 11.3 Å². The van der Waals surface area contributed by atoms with Gasteiger partial charge in [0.2, 0.25) is 0 Å². The normalized spacial score (nSPS) is 10.7. The molecule has 0 spiro atoms. The third-order valence-corrected chi connectivity index (χ3v) is 2.61. The number of nitrogens with two attached hydrogens (primary N) is 1. The number of hydrogen-bond donors (Lipinski definition) is 1. The Morgan fingerprint density at radius 2 is 2.19 bits per heavy atom. The van der Waals surface area contributed by atoms with Crippen molar-refractivity contribution in [3.63, 3.8) is 0 Å². The Kier molecular flexibility index (Phi) is 2.64. The summed E-state index contributed by atoms with van der Waals surface area (Å²) >= 11 is 0. The van der Waals surface area contributed by atoms with Crippen LogP contribution < -0.4 is 5.73 Å². The highest BCUT2D eigenvalue weighted by molar-refractivity contribution is 5.68. The van der Waals surface area contributed by atoms with E-state index in [9.17, 15) is 4.39 Å². The van der Waals surface area contributed by atoms with Crippen molar-refractivity contribution in [3.8, 4) is 11.3 Å². The highest BCUT2D eigenvalue weighted by Gasteiger charge is 2.15. The summed E-state index contributed by atoms with van der Waals surface area (Å²) in [4.78, 5) is 0. The minimum Gasteiger partial charge on any atom is -0.381 e. The molecule has 0 saturated carbocycles. The second-order valence-corrected chi connectivity index (χ2v) is 3.69. The number of rotatable bonds is 2. The van der Waals surface area contributed by atoms with Crippen molar-refractivity contribution >= 4 is 5.82 Å². The lowest BCUT2D eigenvalue weighted by Gasteiger charge is -2.03. The molecule has 0 unspecified atom stereocenters. The zero-order valence-electron chi connectivity index (χ0n) is 9.25. The summed E-state index contributed by atoms with van der Waals surface area (Å²) in [7, 11) is 0. The summed E-state index contributed by atoms with van der Waals surface area (Å²) in [5, 5.41) is 3.74. The second kappa shape index (κ2) is 3.96. The molecule has 2 N–H and O–H groups in total. The van der Waals surface area contributed by atoms with Crippen LogP contribution in [-0.4, -0.2) is 5.16 Å². The van der Waals surface area contributed by atoms with Gasteiger partial charge in [0.15, 0.2) is 11.6 Å². The van der Waals surface area contributed by atoms with Crippen molar-refractivity contribution in [2.75, 3.05) is 5.73 Å². The summed E-state index contributed by atoms with van der Waals surface area (Å²) in [6.45, 7) is 3.81. The molecule has 0 aliphatic carbocycles. The summed E-state index contributed by atoms with van der Waals surface area (Å²) in [5.74, 6) is 0.783. The molecule has 84 valence electrons. The van der Waals surface area contributed by atoms with E-state index >= 15 is 0 Å². The molecule has 0 bridgehead atoms. The predicted octanol–water partition coefficient (Wildman–Crippen LogP) is 2.93. The fourth-order valence-electron chi connectivity index (χ4n) is 1.76. The summed E-state index contributed by atoms with van der Waals surface area (Å²) in [6.07, 6.45) is 0.738. The molecule has 4 heteroatoms. The number of aryl methyl sites for hydroxylation is 1. The quantitative estimate of drug-likeness (QED) is 0.846. The van der Waals surface area contributed by atoms with Crippen LogP contribution in [0.3, 0.4) is 0 Å². The Balaban J connectivity index is 2.58. The zero-order valence-corrected chi connectivity index (χ0v) is 9.25. The molecule has 0 amide bonds. The van der Waals surface area contributed by atoms with E-state index < -0.39 is 0 Å². The van der Waals surface area contributed by atoms with Crippen molar-refractivity contribution in [1.29, 1.82) is 0 Å². The Morgan fingerprint density at radius 3 is 2.81 bits per heavy atom. The Morgan fingerprint density at radius 1 is 1.44 bits per heavy atom. The molecule has 0 saturated heterocycles. The fourth-order valence-corrected chi connectivity index (χ4v) is 1.76. The first kappa shape index (κ1) is 10.7. The van der Waals surface area contributed by atoms with Crippen molar-refractivity contribution < 1.29 is 8.91 Å². The molecular formula is C12H13FN2O. The Bertz CT molecular complexity index is 520. The first-order valence-electron chi connectivity index (χ1n) is 5.14. The smallest absolute Gasteiger partial charge is 0.172 e. The van der Waals surface area contributed by atoms with Gasteiger partial charge in [0.25, 0.3) is 0 Å². The van der Waals surface area contributed by atoms with Crippen LogP contribution in [0.2, 0.25) is 0 Å². The molecule has 2 rings (SSSR count). The van der Waals surface area contributed by atoms with Gasteiger partial charge in [0.05, 0.1) is 0 Å². The van der Waals surface area contributed by atoms with Crippen LogP contribution in [0.5, 0.6) is 0 Å². The average Bonchev–Trinajstić information content (AvgIpc) is 2.59. The standard InChI is InChI=1S/C12H13FN2O/c1-3-9-11(16-15-12(9)14)10-5-4-8(13)6-7(10)2/h4-6H,3H2,1-2H3,(H2,14,15). The maximum absolute atomic E-state index is 13.0. The number of anilines is 1. The van der Waals surface area contributed by atoms with Crippen LogP contribution in [0, 0.1) is 12.7 Å². The molecule has 0 fully saturated rings. The fraction of sp³-hybridized carbons (Fsp3) is 0.250. The summed E-state index contributed by atoms with van der Waals surface area (Å²) in [6, 6.07) is 4.55. The van der Waals surface area contributed by atoms with Crippen molar-refractivity contribution in [1.82, 2.24) is 5.16 Å². The first-order valence-corrected chi connectivity index (χ1v) is 5.14. The molecule has 16 heavy (non-hydrogen) atoms. The molecule has 1 heterocycles. The zero-order chi connectivity index (χ0) is 11.7. The molecule has 1 aromatic carbocycles. The summed E-state index contributed by atoms with van der Waals surface area (Å²) in [5.41, 5.74) is 8.21. The van der Waals surface area contributed by atoms with Gasteiger partial charge in [0.1, 0.15) is 5.82 Å². The van der Waals surface area contributed by atoms with E-state index in [0.717, 1.165) is 23.1 Å². The predicted molar refractivity (Wildman–Crippen MR) is 60.4 cm³/mol. The minimum absolute atomic E-state index is 0.258. The summed E-state index contributed by atoms with van der Waals surface area (Å²) < 4.78 is 18.2. The van der Waals surface area contributed by atoms with Gasteiger partial charge in [-0.25, -0.2) is 4.39 Å². The third kappa shape index (κ3) is 1.66. The van der Waals surface area contributed by atoms with Crippen LogP contribution >= 0.6 is 0 Å². The van der Waals surface area contributed by atoms with E-state index in [-0.39, 0.29) is 5.82 Å². The SMILES string of the molecule is CCc1c(N)noc1-c1ccc(F)cc1C. The number of nitrogens with zero attached hydrogens (tertiary/aromatic N) is 1. The second-order valence-electron chi connectivity index (χ2n) is 3.69. The first-order chi connectivity index (χ1) is 7.63. The number of benzene rings is 1. The lowest BCUT2D eigenvalue weighted by atomic mass is 10.0. The van der Waals surface area contributed by atoms with E-state index in [4.69, 9.17) is 10.3 Å². The molecule has 0 aliphatic rings. The van der Waals surface area contributed by atoms with Gasteiger partial charge in [0, 0.05) is 11.1 Å². The molecule has 0 atom stereocenters. The van der Waals surface area contributed by atoms with Gasteiger partial charge in [-0.05, 0) is 37.1 Å². The number of halogens is 1. The maximum Gasteiger partial charge on any atom is 0.172 e. The molecule has 2 aromatic rings. The average molecular weight is 220 g/mol. The van der Waals surface area contributed by atoms with Crippen molar-refractivity contribution in [2.24, 2.45) is 0 Å². The topological polar surface area (TPSA) is 52.0 Å². The van der Waals surface area contributed by atoms with Gasteiger partial charge >= 0.3 is 0 Å². The van der Waals surface area contributed by atoms with Crippen LogP contribution in [0.4, 0.5) is 10.2 Å². The largest absolute Gasteiger partial charge is 0.381 e. The van der Waals surface area contributed by atoms with Crippen LogP contribution in [0.15, 0.2) is 22.7 Å². The Labute approximate surface area is 93.1 Å². The highest BCUT2D eigenvalue weighted by atomic mass is 19.1. The van der Waals surface area contributed by atoms with Gasteiger partial charge < -0.3 is 10.3 Å². The molecule has 0 aliphatic heterocycles. The van der Waals surface area contributed by atoms with E-state index in [0.29, 0.717) is 11.6 Å². The lowest BCUT2D eigenvalue weighted by Crippen LogP contribution is -1.92. The molecular weight excluding hydrogens is 207 g/mol. The third-order valence-electron chi connectivity index (χ3n) is 2.61. The monoisotopic (exact) mass is 220 g/mol. The number of aromatic nitrogens is 1.